The summed E-state index contributed by atoms with van der Waals surface area (Å²) in [5.74, 6) is -0.917. The molecule has 65 heavy (non-hydrogen) atoms. The minimum absolute atomic E-state index is 0.168. The molecule has 2 rings (SSSR count). The van der Waals surface area contributed by atoms with Crippen LogP contribution in [0.4, 0.5) is 0 Å². The monoisotopic (exact) mass is 933 g/mol. The SMILES string of the molecule is C=CCCCCCCCCCCCCCCCC(=O)O[C@H](COC(=O)CCCCCCCCCCCCCCCC)CO[C@@H]1O[C@H](CO[C@@H]2O[C@H](CO)[C@H](O)C(O)C2O)[C@H](O)C(O)C1O. The smallest absolute Gasteiger partial charge is 0.306 e. The van der Waals surface area contributed by atoms with Gasteiger partial charge in [0.1, 0.15) is 55.4 Å². The van der Waals surface area contributed by atoms with Gasteiger partial charge < -0.3 is 64.2 Å². The predicted molar refractivity (Wildman–Crippen MR) is 248 cm³/mol. The Balaban J connectivity index is 1.80. The lowest BCUT2D eigenvalue weighted by atomic mass is 9.98. The van der Waals surface area contributed by atoms with Gasteiger partial charge in [-0.2, -0.15) is 0 Å². The molecular weight excluding hydrogens is 841 g/mol. The molecule has 0 spiro atoms. The number of unbranched alkanes of at least 4 members (excludes halogenated alkanes) is 26. The first-order valence-electron chi connectivity index (χ1n) is 25.7. The predicted octanol–water partition coefficient (Wildman–Crippen LogP) is 6.99. The van der Waals surface area contributed by atoms with Gasteiger partial charge in [0.05, 0.1) is 19.8 Å². The second-order valence-corrected chi connectivity index (χ2v) is 18.4. The maximum atomic E-state index is 13.0. The van der Waals surface area contributed by atoms with E-state index in [9.17, 15) is 45.3 Å². The summed E-state index contributed by atoms with van der Waals surface area (Å²) >= 11 is 0. The lowest BCUT2D eigenvalue weighted by Gasteiger charge is -2.42. The van der Waals surface area contributed by atoms with Crippen LogP contribution in [0.3, 0.4) is 0 Å². The highest BCUT2D eigenvalue weighted by molar-refractivity contribution is 5.70. The van der Waals surface area contributed by atoms with Crippen LogP contribution in [0.15, 0.2) is 12.7 Å². The van der Waals surface area contributed by atoms with Crippen molar-refractivity contribution in [2.75, 3.05) is 26.4 Å². The maximum Gasteiger partial charge on any atom is 0.306 e. The Morgan fingerprint density at radius 2 is 0.908 bits per heavy atom. The van der Waals surface area contributed by atoms with Gasteiger partial charge in [0.25, 0.3) is 0 Å². The number of esters is 2. The van der Waals surface area contributed by atoms with E-state index >= 15 is 0 Å². The van der Waals surface area contributed by atoms with E-state index in [4.69, 9.17) is 28.4 Å². The molecule has 0 radical (unpaired) electrons. The molecular formula is C50H92O15. The normalized spacial score (nSPS) is 26.2. The van der Waals surface area contributed by atoms with Gasteiger partial charge in [-0.25, -0.2) is 0 Å². The van der Waals surface area contributed by atoms with Crippen molar-refractivity contribution in [3.05, 3.63) is 12.7 Å². The van der Waals surface area contributed by atoms with E-state index in [1.54, 1.807) is 0 Å². The summed E-state index contributed by atoms with van der Waals surface area (Å²) in [7, 11) is 0. The summed E-state index contributed by atoms with van der Waals surface area (Å²) in [5.41, 5.74) is 0. The van der Waals surface area contributed by atoms with E-state index in [2.05, 4.69) is 13.5 Å². The second-order valence-electron chi connectivity index (χ2n) is 18.4. The van der Waals surface area contributed by atoms with Crippen LogP contribution >= 0.6 is 0 Å². The number of carbonyl (C=O) groups excluding carboxylic acids is 2. The molecule has 7 N–H and O–H groups in total. The van der Waals surface area contributed by atoms with E-state index < -0.39 is 92.7 Å². The fourth-order valence-corrected chi connectivity index (χ4v) is 8.37. The Morgan fingerprint density at radius 3 is 1.37 bits per heavy atom. The fraction of sp³-hybridized carbons (Fsp3) is 0.920. The van der Waals surface area contributed by atoms with Crippen LogP contribution in [0, 0.1) is 0 Å². The van der Waals surface area contributed by atoms with Gasteiger partial charge in [-0.15, -0.1) is 6.58 Å². The Morgan fingerprint density at radius 1 is 0.508 bits per heavy atom. The third-order valence-electron chi connectivity index (χ3n) is 12.6. The van der Waals surface area contributed by atoms with Crippen molar-refractivity contribution in [3.63, 3.8) is 0 Å². The molecule has 15 heteroatoms. The molecule has 0 amide bonds. The summed E-state index contributed by atoms with van der Waals surface area (Å²) in [6.07, 6.45) is 18.4. The van der Waals surface area contributed by atoms with Crippen molar-refractivity contribution in [2.24, 2.45) is 0 Å². The molecule has 0 aromatic heterocycles. The molecule has 15 nitrogen and oxygen atoms in total. The third kappa shape index (κ3) is 26.5. The maximum absolute atomic E-state index is 13.0. The van der Waals surface area contributed by atoms with Gasteiger partial charge in [0.2, 0.25) is 0 Å². The van der Waals surface area contributed by atoms with Gasteiger partial charge in [0, 0.05) is 12.8 Å². The highest BCUT2D eigenvalue weighted by Crippen LogP contribution is 2.27. The minimum atomic E-state index is -1.76. The number of ether oxygens (including phenoxy) is 6. The number of aliphatic hydroxyl groups is 7. The molecule has 2 saturated heterocycles. The number of allylic oxidation sites excluding steroid dienone is 1. The van der Waals surface area contributed by atoms with Crippen molar-refractivity contribution >= 4 is 11.9 Å². The summed E-state index contributed by atoms with van der Waals surface area (Å²) in [6, 6.07) is 0. The molecule has 0 aromatic rings. The first-order valence-corrected chi connectivity index (χ1v) is 25.7. The van der Waals surface area contributed by atoms with Crippen LogP contribution in [0.2, 0.25) is 0 Å². The molecule has 0 bridgehead atoms. The van der Waals surface area contributed by atoms with Gasteiger partial charge >= 0.3 is 11.9 Å². The average Bonchev–Trinajstić information content (AvgIpc) is 3.30. The lowest BCUT2D eigenvalue weighted by Crippen LogP contribution is -2.61. The van der Waals surface area contributed by atoms with E-state index in [1.807, 2.05) is 6.08 Å². The molecule has 0 saturated carbocycles. The van der Waals surface area contributed by atoms with Crippen molar-refractivity contribution in [1.29, 1.82) is 0 Å². The number of carbonyl (C=O) groups is 2. The third-order valence-corrected chi connectivity index (χ3v) is 12.6. The fourth-order valence-electron chi connectivity index (χ4n) is 8.37. The van der Waals surface area contributed by atoms with Gasteiger partial charge in [0.15, 0.2) is 18.7 Å². The van der Waals surface area contributed by atoms with Crippen molar-refractivity contribution in [1.82, 2.24) is 0 Å². The Bertz CT molecular complexity index is 1180. The van der Waals surface area contributed by atoms with Crippen molar-refractivity contribution < 1.29 is 73.8 Å². The molecule has 2 aliphatic heterocycles. The van der Waals surface area contributed by atoms with E-state index in [0.29, 0.717) is 12.8 Å². The van der Waals surface area contributed by atoms with Crippen LogP contribution in [-0.2, 0) is 38.0 Å². The standard InChI is InChI=1S/C50H92O15/c1-3-5-7-9-11-13-15-17-19-21-23-25-27-29-31-33-42(53)63-38(35-60-41(52)32-30-28-26-24-22-20-18-16-14-12-10-8-6-4-2)36-61-49-48(59)46(57)44(55)40(65-49)37-62-50-47(58)45(56)43(54)39(34-51)64-50/h3,38-40,43-51,54-59H,1,4-37H2,2H3/t38-,39-,40-,43+,44+,45?,46?,47?,48?,49-,50-/m1/s1. The van der Waals surface area contributed by atoms with Crippen molar-refractivity contribution in [2.45, 2.75) is 267 Å². The Labute approximate surface area is 390 Å². The zero-order chi connectivity index (χ0) is 47.5. The molecule has 11 atom stereocenters. The average molecular weight is 933 g/mol. The van der Waals surface area contributed by atoms with Crippen molar-refractivity contribution in [3.8, 4) is 0 Å². The minimum Gasteiger partial charge on any atom is -0.462 e. The van der Waals surface area contributed by atoms with Crippen LogP contribution in [0.1, 0.15) is 200 Å². The van der Waals surface area contributed by atoms with Crippen LogP contribution in [0.5, 0.6) is 0 Å². The molecule has 0 aliphatic carbocycles. The van der Waals surface area contributed by atoms with Crippen LogP contribution in [0.25, 0.3) is 0 Å². The quantitative estimate of drug-likeness (QED) is 0.0186. The highest BCUT2D eigenvalue weighted by Gasteiger charge is 2.47. The topological polar surface area (TPSA) is 231 Å². The van der Waals surface area contributed by atoms with Gasteiger partial charge in [-0.05, 0) is 25.7 Å². The molecule has 4 unspecified atom stereocenters. The number of hydrogen-bond donors (Lipinski definition) is 7. The van der Waals surface area contributed by atoms with Crippen LogP contribution < -0.4 is 0 Å². The highest BCUT2D eigenvalue weighted by atomic mass is 16.7. The molecule has 2 fully saturated rings. The number of rotatable bonds is 41. The molecule has 2 heterocycles. The summed E-state index contributed by atoms with van der Waals surface area (Å²) in [5, 5.41) is 72.0. The van der Waals surface area contributed by atoms with E-state index in [1.165, 1.54) is 122 Å². The van der Waals surface area contributed by atoms with Gasteiger partial charge in [-0.3, -0.25) is 9.59 Å². The Hall–Kier alpha value is -1.76. The molecule has 0 aromatic carbocycles. The summed E-state index contributed by atoms with van der Waals surface area (Å²) in [4.78, 5) is 25.7. The molecule has 382 valence electrons. The zero-order valence-electron chi connectivity index (χ0n) is 40.1. The van der Waals surface area contributed by atoms with E-state index in [-0.39, 0.29) is 26.1 Å². The Kier molecular flexibility index (Phi) is 34.8. The largest absolute Gasteiger partial charge is 0.462 e. The van der Waals surface area contributed by atoms with Crippen LogP contribution in [-0.4, -0.2) is 142 Å². The second kappa shape index (κ2) is 38.1. The summed E-state index contributed by atoms with van der Waals surface area (Å²) < 4.78 is 33.6. The van der Waals surface area contributed by atoms with E-state index in [0.717, 1.165) is 44.9 Å². The first-order chi connectivity index (χ1) is 31.5. The lowest BCUT2D eigenvalue weighted by molar-refractivity contribution is -0.332. The number of aliphatic hydroxyl groups excluding tert-OH is 7. The molecule has 2 aliphatic rings. The van der Waals surface area contributed by atoms with Gasteiger partial charge in [-0.1, -0.05) is 167 Å². The number of hydrogen-bond acceptors (Lipinski definition) is 15. The summed E-state index contributed by atoms with van der Waals surface area (Å²) in [6.45, 7) is 4.14. The zero-order valence-corrected chi connectivity index (χ0v) is 40.1. The first kappa shape index (κ1) is 59.4.